The van der Waals surface area contributed by atoms with Gasteiger partial charge < -0.3 is 9.47 Å². The summed E-state index contributed by atoms with van der Waals surface area (Å²) < 4.78 is 2.53. The van der Waals surface area contributed by atoms with Crippen molar-refractivity contribution in [2.75, 3.05) is 4.90 Å². The standard InChI is InChI=1S/C74H46N2/c1-2-17-47(18-3-1)48-33-35-49(36-34-48)50-37-39-51(40-38-50)75(53-41-43-58-56-21-6-11-27-64(56)73(69(58)46-53)62-25-9-4-19-54(62)55-20-5-10-26-63(55)73)52-42-44-66-61(45-52)57-22-7-12-28-65(57)74(66)67-29-13-15-32-71(67)76-70-31-14-8-23-59(70)60-24-16-30-68(74)72(60)76/h1-46H. The minimum Gasteiger partial charge on any atom is -0.310 e. The first-order chi connectivity index (χ1) is 37.7. The van der Waals surface area contributed by atoms with Crippen molar-refractivity contribution >= 4 is 38.9 Å². The maximum absolute atomic E-state index is 2.53. The van der Waals surface area contributed by atoms with Crippen molar-refractivity contribution in [3.63, 3.8) is 0 Å². The number of aromatic nitrogens is 1. The zero-order chi connectivity index (χ0) is 49.7. The van der Waals surface area contributed by atoms with Gasteiger partial charge in [-0.2, -0.15) is 0 Å². The monoisotopic (exact) mass is 962 g/mol. The molecule has 2 nitrogen and oxygen atoms in total. The highest BCUT2D eigenvalue weighted by Gasteiger charge is 2.53. The van der Waals surface area contributed by atoms with Gasteiger partial charge in [-0.1, -0.05) is 231 Å². The van der Waals surface area contributed by atoms with Crippen molar-refractivity contribution < 1.29 is 0 Å². The van der Waals surface area contributed by atoms with E-state index in [0.29, 0.717) is 0 Å². The van der Waals surface area contributed by atoms with Crippen LogP contribution in [0.4, 0.5) is 17.1 Å². The molecule has 1 aliphatic heterocycles. The Bertz CT molecular complexity index is 4510. The Morgan fingerprint density at radius 3 is 1.32 bits per heavy atom. The second kappa shape index (κ2) is 15.4. The normalized spacial score (nSPS) is 15.3. The summed E-state index contributed by atoms with van der Waals surface area (Å²) in [5.74, 6) is 0. The summed E-state index contributed by atoms with van der Waals surface area (Å²) in [6.07, 6.45) is 0. The number of anilines is 3. The van der Waals surface area contributed by atoms with Gasteiger partial charge in [0.25, 0.3) is 0 Å². The number of rotatable bonds is 5. The summed E-state index contributed by atoms with van der Waals surface area (Å²) in [4.78, 5) is 2.51. The first kappa shape index (κ1) is 41.7. The molecule has 4 aliphatic rings. The SMILES string of the molecule is c1ccc(-c2ccc(-c3ccc(N(c4ccc5c(c4)-c4ccccc4C54c5ccccc5-n5c6ccccc6c6cccc4c65)c4ccc5c(c4)C4(c6ccccc6-c6ccccc64)c4ccccc4-5)cc3)cc2)cc1. The third kappa shape index (κ3) is 5.30. The fraction of sp³-hybridized carbons (Fsp3) is 0.0270. The molecule has 0 amide bonds. The largest absolute Gasteiger partial charge is 0.310 e. The maximum Gasteiger partial charge on any atom is 0.0754 e. The van der Waals surface area contributed by atoms with E-state index in [0.717, 1.165) is 17.1 Å². The van der Waals surface area contributed by atoms with Gasteiger partial charge in [0.05, 0.1) is 27.6 Å². The second-order valence-electron chi connectivity index (χ2n) is 21.0. The minimum atomic E-state index is -0.539. The van der Waals surface area contributed by atoms with Crippen LogP contribution in [0.2, 0.25) is 0 Å². The molecule has 17 rings (SSSR count). The highest BCUT2D eigenvalue weighted by molar-refractivity contribution is 6.13. The number of hydrogen-bond donors (Lipinski definition) is 0. The number of nitrogens with zero attached hydrogens (tertiary/aromatic N) is 2. The van der Waals surface area contributed by atoms with Crippen molar-refractivity contribution in [2.24, 2.45) is 0 Å². The van der Waals surface area contributed by atoms with Gasteiger partial charge in [-0.15, -0.1) is 0 Å². The molecule has 3 aliphatic carbocycles. The average molecular weight is 963 g/mol. The van der Waals surface area contributed by atoms with Gasteiger partial charge in [0.1, 0.15) is 0 Å². The summed E-state index contributed by atoms with van der Waals surface area (Å²) in [5, 5.41) is 2.57. The van der Waals surface area contributed by atoms with Gasteiger partial charge in [-0.05, 0) is 149 Å². The molecule has 76 heavy (non-hydrogen) atoms. The van der Waals surface area contributed by atoms with Crippen LogP contribution in [0, 0.1) is 0 Å². The van der Waals surface area contributed by atoms with E-state index in [9.17, 15) is 0 Å². The lowest BCUT2D eigenvalue weighted by molar-refractivity contribution is 0.748. The van der Waals surface area contributed by atoms with Crippen LogP contribution < -0.4 is 4.90 Å². The Balaban J connectivity index is 0.892. The highest BCUT2D eigenvalue weighted by Crippen LogP contribution is 2.65. The molecule has 2 heterocycles. The van der Waals surface area contributed by atoms with Crippen LogP contribution in [0.1, 0.15) is 44.5 Å². The maximum atomic E-state index is 2.53. The molecular formula is C74H46N2. The van der Waals surface area contributed by atoms with E-state index in [1.165, 1.54) is 128 Å². The predicted octanol–water partition coefficient (Wildman–Crippen LogP) is 18.6. The molecule has 0 saturated heterocycles. The first-order valence-corrected chi connectivity index (χ1v) is 26.6. The van der Waals surface area contributed by atoms with E-state index in [2.05, 4.69) is 289 Å². The van der Waals surface area contributed by atoms with E-state index in [1.54, 1.807) is 0 Å². The van der Waals surface area contributed by atoms with Crippen LogP contribution in [0.5, 0.6) is 0 Å². The zero-order valence-electron chi connectivity index (χ0n) is 41.5. The Labute approximate surface area is 441 Å². The first-order valence-electron chi connectivity index (χ1n) is 26.6. The predicted molar refractivity (Wildman–Crippen MR) is 313 cm³/mol. The molecule has 1 atom stereocenters. The molecular weight excluding hydrogens is 917 g/mol. The zero-order valence-corrected chi connectivity index (χ0v) is 41.5. The van der Waals surface area contributed by atoms with E-state index in [1.807, 2.05) is 0 Å². The van der Waals surface area contributed by atoms with Gasteiger partial charge in [0.2, 0.25) is 0 Å². The van der Waals surface area contributed by atoms with Gasteiger partial charge in [-0.25, -0.2) is 0 Å². The average Bonchev–Trinajstić information content (AvgIpc) is 4.23. The molecule has 0 fully saturated rings. The summed E-state index contributed by atoms with van der Waals surface area (Å²) in [7, 11) is 0. The van der Waals surface area contributed by atoms with Crippen LogP contribution in [0.25, 0.3) is 83.1 Å². The smallest absolute Gasteiger partial charge is 0.0754 e. The summed E-state index contributed by atoms with van der Waals surface area (Å²) in [5.41, 5.74) is 29.2. The van der Waals surface area contributed by atoms with Crippen molar-refractivity contribution in [3.8, 4) is 61.3 Å². The molecule has 1 aromatic heterocycles. The molecule has 0 radical (unpaired) electrons. The van der Waals surface area contributed by atoms with Crippen molar-refractivity contribution in [1.82, 2.24) is 4.57 Å². The van der Waals surface area contributed by atoms with Crippen LogP contribution in [-0.4, -0.2) is 4.57 Å². The van der Waals surface area contributed by atoms with Crippen LogP contribution in [-0.2, 0) is 10.8 Å². The fourth-order valence-electron chi connectivity index (χ4n) is 14.7. The van der Waals surface area contributed by atoms with Crippen LogP contribution in [0.3, 0.4) is 0 Å². The highest BCUT2D eigenvalue weighted by atomic mass is 15.1. The van der Waals surface area contributed by atoms with E-state index in [-0.39, 0.29) is 0 Å². The third-order valence-electron chi connectivity index (χ3n) is 17.6. The molecule has 0 saturated carbocycles. The van der Waals surface area contributed by atoms with Gasteiger partial charge >= 0.3 is 0 Å². The van der Waals surface area contributed by atoms with Crippen molar-refractivity contribution in [2.45, 2.75) is 10.8 Å². The number of fused-ring (bicyclic) bond motifs is 22. The van der Waals surface area contributed by atoms with E-state index >= 15 is 0 Å². The van der Waals surface area contributed by atoms with Crippen molar-refractivity contribution in [3.05, 3.63) is 324 Å². The lowest BCUT2D eigenvalue weighted by Gasteiger charge is -2.39. The molecule has 0 N–H and O–H groups in total. The summed E-state index contributed by atoms with van der Waals surface area (Å²) >= 11 is 0. The molecule has 352 valence electrons. The molecule has 0 bridgehead atoms. The van der Waals surface area contributed by atoms with Crippen LogP contribution >= 0.6 is 0 Å². The minimum absolute atomic E-state index is 0.475. The number of hydrogen-bond acceptors (Lipinski definition) is 1. The fourth-order valence-corrected chi connectivity index (χ4v) is 14.7. The number of benzene rings is 12. The lowest BCUT2D eigenvalue weighted by atomic mass is 9.65. The Morgan fingerprint density at radius 1 is 0.250 bits per heavy atom. The second-order valence-corrected chi connectivity index (χ2v) is 21.0. The van der Waals surface area contributed by atoms with Gasteiger partial charge in [-0.3, -0.25) is 0 Å². The number of para-hydroxylation sites is 3. The van der Waals surface area contributed by atoms with Crippen LogP contribution in [0.15, 0.2) is 279 Å². The Kier molecular flexibility index (Phi) is 8.44. The molecule has 2 heteroatoms. The van der Waals surface area contributed by atoms with Crippen molar-refractivity contribution in [1.29, 1.82) is 0 Å². The van der Waals surface area contributed by atoms with Gasteiger partial charge in [0.15, 0.2) is 0 Å². The Morgan fingerprint density at radius 2 is 0.671 bits per heavy atom. The molecule has 2 spiro atoms. The van der Waals surface area contributed by atoms with Gasteiger partial charge in [0, 0.05) is 27.8 Å². The topological polar surface area (TPSA) is 8.17 Å². The lowest BCUT2D eigenvalue weighted by Crippen LogP contribution is -2.33. The molecule has 12 aromatic carbocycles. The summed E-state index contributed by atoms with van der Waals surface area (Å²) in [6.45, 7) is 0. The third-order valence-corrected chi connectivity index (χ3v) is 17.6. The molecule has 13 aromatic rings. The van der Waals surface area contributed by atoms with E-state index < -0.39 is 10.8 Å². The Hall–Kier alpha value is -9.76. The summed E-state index contributed by atoms with van der Waals surface area (Å²) in [6, 6.07) is 105. The molecule has 1 unspecified atom stereocenters. The quantitative estimate of drug-likeness (QED) is 0.167. The van der Waals surface area contributed by atoms with E-state index in [4.69, 9.17) is 0 Å².